The molecule has 0 radical (unpaired) electrons. The van der Waals surface area contributed by atoms with Crippen LogP contribution >= 0.6 is 11.8 Å². The number of anilines is 2. The van der Waals surface area contributed by atoms with Crippen molar-refractivity contribution < 1.29 is 14.7 Å². The van der Waals surface area contributed by atoms with E-state index in [-0.39, 0.29) is 22.8 Å². The lowest BCUT2D eigenvalue weighted by molar-refractivity contribution is -0.116. The van der Waals surface area contributed by atoms with Crippen LogP contribution < -0.4 is 10.2 Å². The van der Waals surface area contributed by atoms with Crippen LogP contribution in [0.5, 0.6) is 5.75 Å². The molecule has 2 aromatic carbocycles. The van der Waals surface area contributed by atoms with Crippen LogP contribution in [0.25, 0.3) is 0 Å². The molecule has 6 heteroatoms. The van der Waals surface area contributed by atoms with Crippen molar-refractivity contribution >= 4 is 34.3 Å². The third kappa shape index (κ3) is 3.55. The Morgan fingerprint density at radius 2 is 1.88 bits per heavy atom. The third-order valence-corrected chi connectivity index (χ3v) is 5.43. The predicted octanol–water partition coefficient (Wildman–Crippen LogP) is 4.50. The van der Waals surface area contributed by atoms with E-state index >= 15 is 0 Å². The lowest BCUT2D eigenvalue weighted by Gasteiger charge is -2.20. The molecule has 26 heavy (non-hydrogen) atoms. The van der Waals surface area contributed by atoms with E-state index in [1.165, 1.54) is 4.90 Å². The molecule has 0 saturated carbocycles. The van der Waals surface area contributed by atoms with Crippen molar-refractivity contribution in [3.8, 4) is 5.75 Å². The highest BCUT2D eigenvalue weighted by molar-refractivity contribution is 8.15. The molecule has 0 spiro atoms. The maximum atomic E-state index is 12.8. The van der Waals surface area contributed by atoms with E-state index in [4.69, 9.17) is 0 Å². The number of amides is 2. The first-order valence-electron chi connectivity index (χ1n) is 8.55. The van der Waals surface area contributed by atoms with Crippen molar-refractivity contribution in [3.63, 3.8) is 0 Å². The van der Waals surface area contributed by atoms with E-state index in [0.29, 0.717) is 17.8 Å². The van der Waals surface area contributed by atoms with E-state index in [9.17, 15) is 14.7 Å². The Labute approximate surface area is 157 Å². The highest BCUT2D eigenvalue weighted by atomic mass is 32.2. The number of benzene rings is 2. The second-order valence-electron chi connectivity index (χ2n) is 6.65. The number of thioether (sulfide) groups is 1. The first-order chi connectivity index (χ1) is 12.4. The molecular weight excluding hydrogens is 348 g/mol. The topological polar surface area (TPSA) is 69.6 Å². The molecule has 0 aromatic heterocycles. The lowest BCUT2D eigenvalue weighted by atomic mass is 9.98. The van der Waals surface area contributed by atoms with Gasteiger partial charge in [-0.3, -0.25) is 9.59 Å². The number of carbonyl (C=O) groups excluding carboxylic acids is 2. The quantitative estimate of drug-likeness (QED) is 0.811. The van der Waals surface area contributed by atoms with Crippen LogP contribution in [0.3, 0.4) is 0 Å². The van der Waals surface area contributed by atoms with Gasteiger partial charge >= 0.3 is 0 Å². The molecule has 1 fully saturated rings. The minimum absolute atomic E-state index is 0.0883. The highest BCUT2D eigenvalue weighted by Gasteiger charge is 2.41. The molecule has 5 nitrogen and oxygen atoms in total. The summed E-state index contributed by atoms with van der Waals surface area (Å²) in [7, 11) is 0. The number of para-hydroxylation sites is 1. The molecule has 0 aliphatic carbocycles. The van der Waals surface area contributed by atoms with Crippen LogP contribution in [0, 0.1) is 6.92 Å². The Morgan fingerprint density at radius 1 is 1.19 bits per heavy atom. The average molecular weight is 370 g/mol. The highest BCUT2D eigenvalue weighted by Crippen LogP contribution is 2.38. The van der Waals surface area contributed by atoms with Crippen LogP contribution in [0.1, 0.15) is 30.9 Å². The smallest absolute Gasteiger partial charge is 0.293 e. The molecule has 1 aliphatic heterocycles. The van der Waals surface area contributed by atoms with Crippen molar-refractivity contribution in [3.05, 3.63) is 53.6 Å². The first-order valence-corrected chi connectivity index (χ1v) is 9.43. The van der Waals surface area contributed by atoms with Gasteiger partial charge in [-0.1, -0.05) is 32.0 Å². The zero-order valence-corrected chi connectivity index (χ0v) is 15.8. The molecule has 3 rings (SSSR count). The Bertz CT molecular complexity index is 836. The second kappa shape index (κ2) is 7.41. The summed E-state index contributed by atoms with van der Waals surface area (Å²) in [4.78, 5) is 26.6. The number of aromatic hydroxyl groups is 1. The van der Waals surface area contributed by atoms with Crippen molar-refractivity contribution in [2.24, 2.45) is 0 Å². The minimum Gasteiger partial charge on any atom is -0.508 e. The molecule has 1 unspecified atom stereocenters. The van der Waals surface area contributed by atoms with Gasteiger partial charge in [0.25, 0.3) is 5.24 Å². The van der Waals surface area contributed by atoms with Crippen molar-refractivity contribution in [1.82, 2.24) is 0 Å². The summed E-state index contributed by atoms with van der Waals surface area (Å²) in [6, 6.07) is 13.0. The number of rotatable bonds is 5. The Kier molecular flexibility index (Phi) is 5.23. The molecule has 2 N–H and O–H groups in total. The number of hydrogen-bond acceptors (Lipinski definition) is 5. The number of imide groups is 1. The van der Waals surface area contributed by atoms with Gasteiger partial charge in [-0.05, 0) is 60.0 Å². The molecule has 1 atom stereocenters. The van der Waals surface area contributed by atoms with Gasteiger partial charge in [-0.2, -0.15) is 0 Å². The van der Waals surface area contributed by atoms with E-state index in [0.717, 1.165) is 23.0 Å². The number of carbonyl (C=O) groups is 2. The van der Waals surface area contributed by atoms with Crippen LogP contribution in [0.15, 0.2) is 42.5 Å². The van der Waals surface area contributed by atoms with E-state index < -0.39 is 5.25 Å². The van der Waals surface area contributed by atoms with Gasteiger partial charge in [0.2, 0.25) is 5.91 Å². The number of aryl methyl sites for hydroxylation is 1. The van der Waals surface area contributed by atoms with Gasteiger partial charge in [0, 0.05) is 12.2 Å². The zero-order chi connectivity index (χ0) is 18.8. The number of nitrogens with zero attached hydrogens (tertiary/aromatic N) is 1. The minimum atomic E-state index is -0.474. The summed E-state index contributed by atoms with van der Waals surface area (Å²) < 4.78 is 0. The predicted molar refractivity (Wildman–Crippen MR) is 106 cm³/mol. The largest absolute Gasteiger partial charge is 0.508 e. The van der Waals surface area contributed by atoms with E-state index in [1.807, 2.05) is 44.2 Å². The van der Waals surface area contributed by atoms with Gasteiger partial charge in [-0.25, -0.2) is 4.90 Å². The van der Waals surface area contributed by atoms with Crippen LogP contribution in [-0.2, 0) is 4.79 Å². The van der Waals surface area contributed by atoms with Crippen molar-refractivity contribution in [2.45, 2.75) is 31.9 Å². The molecule has 2 amide bonds. The fourth-order valence-corrected chi connectivity index (χ4v) is 3.88. The van der Waals surface area contributed by atoms with E-state index in [1.54, 1.807) is 19.1 Å². The number of phenolic OH excluding ortho intramolecular Hbond substituents is 1. The fraction of sp³-hybridized carbons (Fsp3) is 0.300. The Morgan fingerprint density at radius 3 is 2.54 bits per heavy atom. The lowest BCUT2D eigenvalue weighted by Crippen LogP contribution is -2.34. The summed E-state index contributed by atoms with van der Waals surface area (Å²) in [6.45, 7) is 6.09. The molecule has 2 aromatic rings. The monoisotopic (exact) mass is 370 g/mol. The SMILES string of the molecule is Cc1cc(O)c(C(C)C)cc1N1C(=O)SC(CNc2ccccc2)C1=O. The van der Waals surface area contributed by atoms with Crippen LogP contribution in [0.4, 0.5) is 16.2 Å². The number of nitrogens with one attached hydrogen (secondary N) is 1. The molecule has 136 valence electrons. The van der Waals surface area contributed by atoms with Gasteiger partial charge in [0.05, 0.1) is 5.69 Å². The zero-order valence-electron chi connectivity index (χ0n) is 15.0. The summed E-state index contributed by atoms with van der Waals surface area (Å²) in [5, 5.41) is 12.6. The van der Waals surface area contributed by atoms with Gasteiger partial charge < -0.3 is 10.4 Å². The fourth-order valence-electron chi connectivity index (χ4n) is 2.97. The Hall–Kier alpha value is -2.47. The summed E-state index contributed by atoms with van der Waals surface area (Å²) in [5.74, 6) is 0.0487. The van der Waals surface area contributed by atoms with Crippen LogP contribution in [-0.4, -0.2) is 28.0 Å². The van der Waals surface area contributed by atoms with Gasteiger partial charge in [0.1, 0.15) is 11.0 Å². The van der Waals surface area contributed by atoms with Crippen molar-refractivity contribution in [1.29, 1.82) is 0 Å². The maximum absolute atomic E-state index is 12.8. The molecule has 1 saturated heterocycles. The summed E-state index contributed by atoms with van der Waals surface area (Å²) in [6.07, 6.45) is 0. The van der Waals surface area contributed by atoms with Gasteiger partial charge in [-0.15, -0.1) is 0 Å². The van der Waals surface area contributed by atoms with Crippen LogP contribution in [0.2, 0.25) is 0 Å². The molecule has 0 bridgehead atoms. The standard InChI is InChI=1S/C20H22N2O3S/c1-12(2)15-10-16(13(3)9-17(15)23)22-19(24)18(26-20(22)25)11-21-14-7-5-4-6-8-14/h4-10,12,18,21,23H,11H2,1-3H3. The van der Waals surface area contributed by atoms with Gasteiger partial charge in [0.15, 0.2) is 0 Å². The Balaban J connectivity index is 1.82. The summed E-state index contributed by atoms with van der Waals surface area (Å²) >= 11 is 1.04. The third-order valence-electron chi connectivity index (χ3n) is 4.39. The maximum Gasteiger partial charge on any atom is 0.293 e. The normalized spacial score (nSPS) is 17.2. The van der Waals surface area contributed by atoms with E-state index in [2.05, 4.69) is 5.32 Å². The summed E-state index contributed by atoms with van der Waals surface area (Å²) in [5.41, 5.74) is 2.89. The number of hydrogen-bond donors (Lipinski definition) is 2. The first kappa shape index (κ1) is 18.3. The molecular formula is C20H22N2O3S. The average Bonchev–Trinajstić information content (AvgIpc) is 2.88. The molecule has 1 aliphatic rings. The second-order valence-corrected chi connectivity index (χ2v) is 7.80. The molecule has 1 heterocycles. The van der Waals surface area contributed by atoms with Crippen molar-refractivity contribution in [2.75, 3.05) is 16.8 Å². The number of phenols is 1.